The zero-order valence-electron chi connectivity index (χ0n) is 9.88. The van der Waals surface area contributed by atoms with E-state index in [1.807, 2.05) is 4.72 Å². The minimum absolute atomic E-state index is 0.545. The van der Waals surface area contributed by atoms with Crippen molar-refractivity contribution in [2.45, 2.75) is 10.9 Å². The second-order valence-electron chi connectivity index (χ2n) is 3.76. The second-order valence-corrected chi connectivity index (χ2v) is 5.85. The van der Waals surface area contributed by atoms with Gasteiger partial charge in [-0.05, 0) is 12.1 Å². The third kappa shape index (κ3) is 3.64. The standard InChI is InChI=1S/C10H11ClFNO6S/c11-9-7(10(16)17)1-6(2-8(9)12)20(18,19)13-5(3-14)4-15/h1-2,5,13-15H,3-4H2,(H,16,17). The number of halogens is 2. The van der Waals surface area contributed by atoms with Gasteiger partial charge in [0, 0.05) is 0 Å². The molecule has 7 nitrogen and oxygen atoms in total. The van der Waals surface area contributed by atoms with Crippen molar-refractivity contribution >= 4 is 27.6 Å². The third-order valence-corrected chi connectivity index (χ3v) is 4.19. The van der Waals surface area contributed by atoms with Gasteiger partial charge < -0.3 is 15.3 Å². The number of rotatable bonds is 6. The van der Waals surface area contributed by atoms with Crippen molar-refractivity contribution in [3.63, 3.8) is 0 Å². The number of benzene rings is 1. The van der Waals surface area contributed by atoms with E-state index in [1.54, 1.807) is 0 Å². The molecule has 1 rings (SSSR count). The van der Waals surface area contributed by atoms with Crippen molar-refractivity contribution in [1.29, 1.82) is 0 Å². The van der Waals surface area contributed by atoms with Crippen molar-refractivity contribution < 1.29 is 32.9 Å². The first kappa shape index (κ1) is 16.8. The van der Waals surface area contributed by atoms with E-state index in [0.717, 1.165) is 0 Å². The highest BCUT2D eigenvalue weighted by Crippen LogP contribution is 2.24. The molecule has 0 aromatic heterocycles. The van der Waals surface area contributed by atoms with Crippen LogP contribution >= 0.6 is 11.6 Å². The van der Waals surface area contributed by atoms with Crippen LogP contribution in [-0.4, -0.2) is 49.0 Å². The SMILES string of the molecule is O=C(O)c1cc(S(=O)(=O)NC(CO)CO)cc(F)c1Cl. The molecule has 0 aliphatic carbocycles. The second kappa shape index (κ2) is 6.46. The molecule has 0 saturated heterocycles. The van der Waals surface area contributed by atoms with Gasteiger partial charge in [-0.1, -0.05) is 11.6 Å². The number of hydrogen-bond acceptors (Lipinski definition) is 5. The fourth-order valence-electron chi connectivity index (χ4n) is 1.29. The highest BCUT2D eigenvalue weighted by atomic mass is 35.5. The predicted octanol–water partition coefficient (Wildman–Crippen LogP) is -0.191. The lowest BCUT2D eigenvalue weighted by Gasteiger charge is -2.14. The summed E-state index contributed by atoms with van der Waals surface area (Å²) < 4.78 is 39.1. The number of carboxylic acids is 1. The van der Waals surface area contributed by atoms with E-state index in [1.165, 1.54) is 0 Å². The molecular weight excluding hydrogens is 317 g/mol. The van der Waals surface area contributed by atoms with Gasteiger partial charge in [-0.3, -0.25) is 0 Å². The van der Waals surface area contributed by atoms with Crippen molar-refractivity contribution in [1.82, 2.24) is 4.72 Å². The highest BCUT2D eigenvalue weighted by molar-refractivity contribution is 7.89. The van der Waals surface area contributed by atoms with Gasteiger partial charge in [0.25, 0.3) is 0 Å². The van der Waals surface area contributed by atoms with E-state index in [2.05, 4.69) is 0 Å². The maximum absolute atomic E-state index is 13.4. The van der Waals surface area contributed by atoms with Crippen molar-refractivity contribution in [3.05, 3.63) is 28.5 Å². The fourth-order valence-corrected chi connectivity index (χ4v) is 2.74. The van der Waals surface area contributed by atoms with Crippen LogP contribution in [0.15, 0.2) is 17.0 Å². The lowest BCUT2D eigenvalue weighted by atomic mass is 10.2. The fraction of sp³-hybridized carbons (Fsp3) is 0.300. The first-order valence-electron chi connectivity index (χ1n) is 5.19. The Hall–Kier alpha value is -1.26. The average molecular weight is 328 g/mol. The van der Waals surface area contributed by atoms with Crippen LogP contribution in [0.1, 0.15) is 10.4 Å². The summed E-state index contributed by atoms with van der Waals surface area (Å²) in [4.78, 5) is 10.2. The number of sulfonamides is 1. The number of carboxylic acid groups (broad SMARTS) is 1. The van der Waals surface area contributed by atoms with Gasteiger partial charge in [0.1, 0.15) is 5.82 Å². The molecule has 0 aliphatic rings. The summed E-state index contributed by atoms with van der Waals surface area (Å²) in [7, 11) is -4.31. The Labute approximate surface area is 118 Å². The summed E-state index contributed by atoms with van der Waals surface area (Å²) >= 11 is 5.42. The van der Waals surface area contributed by atoms with Crippen LogP contribution in [0.3, 0.4) is 0 Å². The molecule has 0 bridgehead atoms. The Morgan fingerprint density at radius 3 is 2.35 bits per heavy atom. The number of aliphatic hydroxyl groups is 2. The molecule has 0 atom stereocenters. The first-order valence-corrected chi connectivity index (χ1v) is 7.05. The Morgan fingerprint density at radius 2 is 1.90 bits per heavy atom. The van der Waals surface area contributed by atoms with Gasteiger partial charge in [0.15, 0.2) is 0 Å². The minimum Gasteiger partial charge on any atom is -0.478 e. The van der Waals surface area contributed by atoms with Crippen LogP contribution in [0.4, 0.5) is 4.39 Å². The molecule has 0 saturated carbocycles. The molecule has 10 heteroatoms. The van der Waals surface area contributed by atoms with Gasteiger partial charge in [0.2, 0.25) is 10.0 Å². The lowest BCUT2D eigenvalue weighted by Crippen LogP contribution is -2.40. The summed E-state index contributed by atoms with van der Waals surface area (Å²) in [6.45, 7) is -1.37. The molecule has 0 fully saturated rings. The molecule has 4 N–H and O–H groups in total. The normalized spacial score (nSPS) is 11.8. The summed E-state index contributed by atoms with van der Waals surface area (Å²) in [5.74, 6) is -2.80. The van der Waals surface area contributed by atoms with Crippen LogP contribution < -0.4 is 4.72 Å². The third-order valence-electron chi connectivity index (χ3n) is 2.31. The molecule has 1 aromatic rings. The number of hydrogen-bond donors (Lipinski definition) is 4. The van der Waals surface area contributed by atoms with Crippen molar-refractivity contribution in [3.8, 4) is 0 Å². The number of aromatic carboxylic acids is 1. The van der Waals surface area contributed by atoms with Crippen LogP contribution in [0, 0.1) is 5.82 Å². The lowest BCUT2D eigenvalue weighted by molar-refractivity contribution is 0.0696. The molecule has 1 aromatic carbocycles. The molecule has 0 spiro atoms. The number of aliphatic hydroxyl groups excluding tert-OH is 2. The maximum Gasteiger partial charge on any atom is 0.337 e. The van der Waals surface area contributed by atoms with Crippen molar-refractivity contribution in [2.24, 2.45) is 0 Å². The predicted molar refractivity (Wildman–Crippen MR) is 66.7 cm³/mol. The van der Waals surface area contributed by atoms with Crippen LogP contribution in [-0.2, 0) is 10.0 Å². The smallest absolute Gasteiger partial charge is 0.337 e. The van der Waals surface area contributed by atoms with Crippen LogP contribution in [0.25, 0.3) is 0 Å². The Kier molecular flexibility index (Phi) is 5.42. The molecule has 0 heterocycles. The number of carbonyl (C=O) groups is 1. The van der Waals surface area contributed by atoms with Gasteiger partial charge in [0.05, 0.1) is 34.7 Å². The molecule has 20 heavy (non-hydrogen) atoms. The van der Waals surface area contributed by atoms with E-state index in [4.69, 9.17) is 26.9 Å². The summed E-state index contributed by atoms with van der Waals surface area (Å²) in [5, 5.41) is 25.7. The maximum atomic E-state index is 13.4. The average Bonchev–Trinajstić information content (AvgIpc) is 2.38. The van der Waals surface area contributed by atoms with Crippen LogP contribution in [0.2, 0.25) is 5.02 Å². The van der Waals surface area contributed by atoms with E-state index < -0.39 is 56.5 Å². The Balaban J connectivity index is 3.29. The van der Waals surface area contributed by atoms with Gasteiger partial charge in [-0.2, -0.15) is 0 Å². The zero-order valence-corrected chi connectivity index (χ0v) is 11.4. The van der Waals surface area contributed by atoms with E-state index in [-0.39, 0.29) is 0 Å². The summed E-state index contributed by atoms with van der Waals surface area (Å²) in [6, 6.07) is 0.0390. The minimum atomic E-state index is -4.31. The topological polar surface area (TPSA) is 124 Å². The zero-order chi connectivity index (χ0) is 15.5. The Bertz CT molecular complexity index is 616. The monoisotopic (exact) mass is 327 g/mol. The largest absolute Gasteiger partial charge is 0.478 e. The quantitative estimate of drug-likeness (QED) is 0.574. The summed E-state index contributed by atoms with van der Waals surface area (Å²) in [6.07, 6.45) is 0. The Morgan fingerprint density at radius 1 is 1.35 bits per heavy atom. The summed E-state index contributed by atoms with van der Waals surface area (Å²) in [5.41, 5.74) is -0.711. The molecule has 0 amide bonds. The van der Waals surface area contributed by atoms with E-state index >= 15 is 0 Å². The van der Waals surface area contributed by atoms with Crippen molar-refractivity contribution in [2.75, 3.05) is 13.2 Å². The van der Waals surface area contributed by atoms with E-state index in [9.17, 15) is 17.6 Å². The van der Waals surface area contributed by atoms with Gasteiger partial charge in [-0.25, -0.2) is 22.3 Å². The van der Waals surface area contributed by atoms with Gasteiger partial charge in [-0.15, -0.1) is 0 Å². The van der Waals surface area contributed by atoms with E-state index in [0.29, 0.717) is 12.1 Å². The number of nitrogens with one attached hydrogen (secondary N) is 1. The molecular formula is C10H11ClFNO6S. The first-order chi connectivity index (χ1) is 9.22. The molecule has 0 aliphatic heterocycles. The van der Waals surface area contributed by atoms with Crippen LogP contribution in [0.5, 0.6) is 0 Å². The molecule has 0 unspecified atom stereocenters. The highest BCUT2D eigenvalue weighted by Gasteiger charge is 2.24. The molecule has 0 radical (unpaired) electrons. The van der Waals surface area contributed by atoms with Gasteiger partial charge >= 0.3 is 5.97 Å². The molecule has 112 valence electrons.